The molecule has 1 saturated carbocycles. The topological polar surface area (TPSA) is 41.1 Å². The lowest BCUT2D eigenvalue weighted by Gasteiger charge is -2.13. The number of carbonyl (C=O) groups is 1. The molecule has 0 radical (unpaired) electrons. The van der Waals surface area contributed by atoms with Crippen LogP contribution in [-0.2, 0) is 6.54 Å². The van der Waals surface area contributed by atoms with Crippen LogP contribution in [0.1, 0.15) is 25.3 Å². The molecule has 92 valence electrons. The van der Waals surface area contributed by atoms with Crippen LogP contribution in [-0.4, -0.2) is 12.1 Å². The number of hydrogen-bond donors (Lipinski definition) is 2. The van der Waals surface area contributed by atoms with Gasteiger partial charge in [0, 0.05) is 12.6 Å². The van der Waals surface area contributed by atoms with E-state index in [1.807, 2.05) is 6.92 Å². The first kappa shape index (κ1) is 11.9. The minimum absolute atomic E-state index is 0.159. The third kappa shape index (κ3) is 3.73. The fraction of sp³-hybridized carbons (Fsp3) is 0.462. The molecule has 0 spiro atoms. The van der Waals surface area contributed by atoms with E-state index in [1.165, 1.54) is 25.0 Å². The molecule has 1 fully saturated rings. The van der Waals surface area contributed by atoms with Crippen molar-refractivity contribution in [3.8, 4) is 0 Å². The Bertz CT molecular complexity index is 387. The van der Waals surface area contributed by atoms with Gasteiger partial charge in [-0.15, -0.1) is 0 Å². The summed E-state index contributed by atoms with van der Waals surface area (Å²) in [4.78, 5) is 11.5. The maximum absolute atomic E-state index is 12.7. The lowest BCUT2D eigenvalue weighted by molar-refractivity contribution is 0.236. The average Bonchev–Trinajstić information content (AvgIpc) is 3.12. The molecule has 0 aromatic heterocycles. The van der Waals surface area contributed by atoms with Crippen molar-refractivity contribution >= 4 is 6.03 Å². The molecule has 2 N–H and O–H groups in total. The molecule has 3 nitrogen and oxygen atoms in total. The summed E-state index contributed by atoms with van der Waals surface area (Å²) in [6.45, 7) is 2.44. The molecule has 4 heteroatoms. The van der Waals surface area contributed by atoms with Crippen LogP contribution < -0.4 is 10.6 Å². The van der Waals surface area contributed by atoms with Crippen molar-refractivity contribution in [2.24, 2.45) is 5.92 Å². The van der Waals surface area contributed by atoms with Gasteiger partial charge >= 0.3 is 6.03 Å². The number of rotatable bonds is 4. The summed E-state index contributed by atoms with van der Waals surface area (Å²) in [7, 11) is 0. The number of hydrogen-bond acceptors (Lipinski definition) is 1. The molecule has 1 aromatic carbocycles. The summed E-state index contributed by atoms with van der Waals surface area (Å²) < 4.78 is 12.7. The summed E-state index contributed by atoms with van der Waals surface area (Å²) in [6, 6.07) is 6.19. The third-order valence-electron chi connectivity index (χ3n) is 3.05. The Labute approximate surface area is 100 Å². The smallest absolute Gasteiger partial charge is 0.315 e. The zero-order valence-corrected chi connectivity index (χ0v) is 9.87. The fourth-order valence-electron chi connectivity index (χ4n) is 1.76. The van der Waals surface area contributed by atoms with Crippen molar-refractivity contribution < 1.29 is 9.18 Å². The Morgan fingerprint density at radius 3 is 2.65 bits per heavy atom. The summed E-state index contributed by atoms with van der Waals surface area (Å²) in [5.74, 6) is 0.382. The van der Waals surface area contributed by atoms with Gasteiger partial charge in [-0.25, -0.2) is 9.18 Å². The van der Waals surface area contributed by atoms with E-state index in [4.69, 9.17) is 0 Å². The van der Waals surface area contributed by atoms with Crippen LogP contribution in [0.25, 0.3) is 0 Å². The monoisotopic (exact) mass is 236 g/mol. The number of benzene rings is 1. The molecule has 0 heterocycles. The first-order chi connectivity index (χ1) is 8.15. The van der Waals surface area contributed by atoms with E-state index in [0.717, 1.165) is 5.56 Å². The maximum Gasteiger partial charge on any atom is 0.315 e. The molecule has 0 aliphatic heterocycles. The van der Waals surface area contributed by atoms with E-state index in [0.29, 0.717) is 12.5 Å². The molecule has 1 aromatic rings. The van der Waals surface area contributed by atoms with E-state index in [1.54, 1.807) is 12.1 Å². The molecule has 17 heavy (non-hydrogen) atoms. The first-order valence-corrected chi connectivity index (χ1v) is 5.94. The van der Waals surface area contributed by atoms with Gasteiger partial charge < -0.3 is 10.6 Å². The lowest BCUT2D eigenvalue weighted by atomic mass is 10.2. The van der Waals surface area contributed by atoms with E-state index in [-0.39, 0.29) is 17.9 Å². The maximum atomic E-state index is 12.7. The van der Waals surface area contributed by atoms with Crippen LogP contribution in [0.15, 0.2) is 24.3 Å². The molecular formula is C13H17FN2O. The van der Waals surface area contributed by atoms with Crippen LogP contribution in [0.2, 0.25) is 0 Å². The fourth-order valence-corrected chi connectivity index (χ4v) is 1.76. The van der Waals surface area contributed by atoms with E-state index < -0.39 is 0 Å². The third-order valence-corrected chi connectivity index (χ3v) is 3.05. The van der Waals surface area contributed by atoms with E-state index >= 15 is 0 Å². The number of nitrogens with one attached hydrogen (secondary N) is 2. The Morgan fingerprint density at radius 2 is 2.06 bits per heavy atom. The Balaban J connectivity index is 1.73. The lowest BCUT2D eigenvalue weighted by Crippen LogP contribution is -2.41. The minimum atomic E-state index is -0.263. The van der Waals surface area contributed by atoms with Crippen LogP contribution in [0.3, 0.4) is 0 Å². The van der Waals surface area contributed by atoms with E-state index in [2.05, 4.69) is 10.6 Å². The second-order valence-electron chi connectivity index (χ2n) is 4.58. The van der Waals surface area contributed by atoms with Crippen molar-refractivity contribution in [1.82, 2.24) is 10.6 Å². The second kappa shape index (κ2) is 5.17. The van der Waals surface area contributed by atoms with Crippen LogP contribution in [0.5, 0.6) is 0 Å². The van der Waals surface area contributed by atoms with Gasteiger partial charge in [-0.3, -0.25) is 0 Å². The SMILES string of the molecule is CC(NC(=O)NCc1ccc(F)cc1)C1CC1. The quantitative estimate of drug-likeness (QED) is 0.828. The van der Waals surface area contributed by atoms with Crippen LogP contribution in [0, 0.1) is 11.7 Å². The molecule has 1 unspecified atom stereocenters. The average molecular weight is 236 g/mol. The molecule has 0 bridgehead atoms. The second-order valence-corrected chi connectivity index (χ2v) is 4.58. The molecule has 0 saturated heterocycles. The summed E-state index contributed by atoms with van der Waals surface area (Å²) in [5.41, 5.74) is 0.889. The Hall–Kier alpha value is -1.58. The highest BCUT2D eigenvalue weighted by Gasteiger charge is 2.28. The number of carbonyl (C=O) groups excluding carboxylic acids is 1. The Kier molecular flexibility index (Phi) is 3.61. The van der Waals surface area contributed by atoms with Gasteiger partial charge in [-0.2, -0.15) is 0 Å². The van der Waals surface area contributed by atoms with Gasteiger partial charge in [0.05, 0.1) is 0 Å². The highest BCUT2D eigenvalue weighted by atomic mass is 19.1. The number of amides is 2. The molecule has 2 rings (SSSR count). The Morgan fingerprint density at radius 1 is 1.41 bits per heavy atom. The van der Waals surface area contributed by atoms with Crippen molar-refractivity contribution in [2.45, 2.75) is 32.4 Å². The molecule has 1 aliphatic rings. The highest BCUT2D eigenvalue weighted by Crippen LogP contribution is 2.32. The van der Waals surface area contributed by atoms with Gasteiger partial charge in [-0.1, -0.05) is 12.1 Å². The normalized spacial score (nSPS) is 16.4. The van der Waals surface area contributed by atoms with Gasteiger partial charge in [0.2, 0.25) is 0 Å². The summed E-state index contributed by atoms with van der Waals surface area (Å²) in [6.07, 6.45) is 2.42. The van der Waals surface area contributed by atoms with Gasteiger partial charge in [0.15, 0.2) is 0 Å². The standard InChI is InChI=1S/C13H17FN2O/c1-9(11-4-5-11)16-13(17)15-8-10-2-6-12(14)7-3-10/h2-3,6-7,9,11H,4-5,8H2,1H3,(H2,15,16,17). The predicted octanol–water partition coefficient (Wildman–Crippen LogP) is 2.42. The van der Waals surface area contributed by atoms with E-state index in [9.17, 15) is 9.18 Å². The molecular weight excluding hydrogens is 219 g/mol. The predicted molar refractivity (Wildman–Crippen MR) is 64.0 cm³/mol. The minimum Gasteiger partial charge on any atom is -0.335 e. The molecule has 2 amide bonds. The number of urea groups is 1. The van der Waals surface area contributed by atoms with Gasteiger partial charge in [0.25, 0.3) is 0 Å². The van der Waals surface area contributed by atoms with Gasteiger partial charge in [-0.05, 0) is 43.4 Å². The highest BCUT2D eigenvalue weighted by molar-refractivity contribution is 5.74. The van der Waals surface area contributed by atoms with Crippen molar-refractivity contribution in [1.29, 1.82) is 0 Å². The van der Waals surface area contributed by atoms with Crippen molar-refractivity contribution in [3.63, 3.8) is 0 Å². The first-order valence-electron chi connectivity index (χ1n) is 5.94. The van der Waals surface area contributed by atoms with Crippen LogP contribution >= 0.6 is 0 Å². The summed E-state index contributed by atoms with van der Waals surface area (Å²) >= 11 is 0. The van der Waals surface area contributed by atoms with Crippen molar-refractivity contribution in [2.75, 3.05) is 0 Å². The zero-order chi connectivity index (χ0) is 12.3. The molecule has 1 atom stereocenters. The largest absolute Gasteiger partial charge is 0.335 e. The van der Waals surface area contributed by atoms with Gasteiger partial charge in [0.1, 0.15) is 5.82 Å². The van der Waals surface area contributed by atoms with Crippen LogP contribution in [0.4, 0.5) is 9.18 Å². The zero-order valence-electron chi connectivity index (χ0n) is 9.87. The van der Waals surface area contributed by atoms with Crippen molar-refractivity contribution in [3.05, 3.63) is 35.6 Å². The summed E-state index contributed by atoms with van der Waals surface area (Å²) in [5, 5.41) is 5.66. The number of halogens is 1. The molecule has 1 aliphatic carbocycles.